The Balaban J connectivity index is 2.05. The molecule has 4 nitrogen and oxygen atoms in total. The normalized spacial score (nSPS) is 11.7. The maximum Gasteiger partial charge on any atom is 0.242 e. The van der Waals surface area contributed by atoms with Gasteiger partial charge in [0.15, 0.2) is 0 Å². The van der Waals surface area contributed by atoms with Gasteiger partial charge < -0.3 is 10.2 Å². The van der Waals surface area contributed by atoms with Crippen LogP contribution in [0.1, 0.15) is 31.4 Å². The standard InChI is InChI=1S/C22H26ClFN2O2S/c1-3-12-25-22(28)16(2)26(13-18-6-4-5-7-20(18)24)21(27)15-29-14-17-8-10-19(23)11-9-17/h4-11,16H,3,12-15H2,1-2H3,(H,25,28)/t16-/m0/s1. The van der Waals surface area contributed by atoms with Crippen LogP contribution in [0.15, 0.2) is 48.5 Å². The smallest absolute Gasteiger partial charge is 0.242 e. The van der Waals surface area contributed by atoms with Crippen molar-refractivity contribution in [3.05, 3.63) is 70.5 Å². The SMILES string of the molecule is CCCNC(=O)[C@H](C)N(Cc1ccccc1F)C(=O)CSCc1ccc(Cl)cc1. The van der Waals surface area contributed by atoms with E-state index in [4.69, 9.17) is 11.6 Å². The van der Waals surface area contributed by atoms with E-state index in [2.05, 4.69) is 5.32 Å². The molecule has 2 rings (SSSR count). The number of benzene rings is 2. The van der Waals surface area contributed by atoms with E-state index in [-0.39, 0.29) is 29.9 Å². The molecular weight excluding hydrogens is 411 g/mol. The second-order valence-corrected chi connectivity index (χ2v) is 8.12. The Morgan fingerprint density at radius 1 is 1.17 bits per heavy atom. The topological polar surface area (TPSA) is 49.4 Å². The van der Waals surface area contributed by atoms with Gasteiger partial charge in [-0.05, 0) is 37.1 Å². The largest absolute Gasteiger partial charge is 0.354 e. The van der Waals surface area contributed by atoms with Crippen LogP contribution in [0.5, 0.6) is 0 Å². The van der Waals surface area contributed by atoms with Gasteiger partial charge >= 0.3 is 0 Å². The summed E-state index contributed by atoms with van der Waals surface area (Å²) in [6.07, 6.45) is 0.802. The number of halogens is 2. The lowest BCUT2D eigenvalue weighted by molar-refractivity contribution is -0.138. The van der Waals surface area contributed by atoms with Gasteiger partial charge in [-0.15, -0.1) is 11.8 Å². The third-order valence-electron chi connectivity index (χ3n) is 4.42. The van der Waals surface area contributed by atoms with Crippen molar-refractivity contribution in [2.45, 2.75) is 38.6 Å². The van der Waals surface area contributed by atoms with Crippen molar-refractivity contribution in [3.8, 4) is 0 Å². The number of hydrogen-bond donors (Lipinski definition) is 1. The van der Waals surface area contributed by atoms with Crippen LogP contribution in [0.25, 0.3) is 0 Å². The molecule has 0 aliphatic heterocycles. The van der Waals surface area contributed by atoms with E-state index in [0.29, 0.717) is 22.9 Å². The summed E-state index contributed by atoms with van der Waals surface area (Å²) < 4.78 is 14.1. The molecule has 0 radical (unpaired) electrons. The molecule has 1 atom stereocenters. The predicted octanol–water partition coefficient (Wildman–Crippen LogP) is 4.66. The van der Waals surface area contributed by atoms with Crippen LogP contribution >= 0.6 is 23.4 Å². The second-order valence-electron chi connectivity index (χ2n) is 6.70. The van der Waals surface area contributed by atoms with Crippen molar-refractivity contribution in [2.75, 3.05) is 12.3 Å². The summed E-state index contributed by atoms with van der Waals surface area (Å²) in [5, 5.41) is 3.47. The van der Waals surface area contributed by atoms with E-state index in [0.717, 1.165) is 12.0 Å². The monoisotopic (exact) mass is 436 g/mol. The average Bonchev–Trinajstić information content (AvgIpc) is 2.72. The molecule has 0 fully saturated rings. The Kier molecular flexibility index (Phi) is 9.48. The molecule has 1 N–H and O–H groups in total. The molecule has 0 aliphatic carbocycles. The van der Waals surface area contributed by atoms with E-state index < -0.39 is 6.04 Å². The molecule has 2 aromatic rings. The van der Waals surface area contributed by atoms with Gasteiger partial charge in [0.2, 0.25) is 11.8 Å². The third kappa shape index (κ3) is 7.37. The number of rotatable bonds is 10. The first kappa shape index (κ1) is 23.2. The molecule has 0 unspecified atom stereocenters. The first-order chi connectivity index (χ1) is 13.9. The van der Waals surface area contributed by atoms with Gasteiger partial charge in [-0.25, -0.2) is 4.39 Å². The number of nitrogens with zero attached hydrogens (tertiary/aromatic N) is 1. The molecule has 0 spiro atoms. The summed E-state index contributed by atoms with van der Waals surface area (Å²) in [7, 11) is 0. The summed E-state index contributed by atoms with van der Waals surface area (Å²) in [5.74, 6) is 0.0147. The first-order valence-electron chi connectivity index (χ1n) is 9.55. The van der Waals surface area contributed by atoms with Crippen LogP contribution < -0.4 is 5.32 Å². The van der Waals surface area contributed by atoms with Crippen molar-refractivity contribution >= 4 is 35.2 Å². The van der Waals surface area contributed by atoms with Crippen LogP contribution in [0, 0.1) is 5.82 Å². The lowest BCUT2D eigenvalue weighted by atomic mass is 10.1. The van der Waals surface area contributed by atoms with Crippen LogP contribution in [0.2, 0.25) is 5.02 Å². The zero-order chi connectivity index (χ0) is 21.2. The summed E-state index contributed by atoms with van der Waals surface area (Å²) in [6.45, 7) is 4.22. The number of amides is 2. The number of carbonyl (C=O) groups excluding carboxylic acids is 2. The fourth-order valence-electron chi connectivity index (χ4n) is 2.71. The maximum absolute atomic E-state index is 14.1. The third-order valence-corrected chi connectivity index (χ3v) is 5.66. The van der Waals surface area contributed by atoms with Gasteiger partial charge in [-0.1, -0.05) is 48.9 Å². The summed E-state index contributed by atoms with van der Waals surface area (Å²) in [6, 6.07) is 13.1. The zero-order valence-electron chi connectivity index (χ0n) is 16.7. The van der Waals surface area contributed by atoms with Gasteiger partial charge in [0.25, 0.3) is 0 Å². The number of hydrogen-bond acceptors (Lipinski definition) is 3. The highest BCUT2D eigenvalue weighted by Gasteiger charge is 2.26. The highest BCUT2D eigenvalue weighted by Crippen LogP contribution is 2.18. The molecular formula is C22H26ClFN2O2S. The van der Waals surface area contributed by atoms with Crippen LogP contribution in [0.3, 0.4) is 0 Å². The molecule has 0 aromatic heterocycles. The van der Waals surface area contributed by atoms with E-state index in [1.165, 1.54) is 22.7 Å². The fraction of sp³-hybridized carbons (Fsp3) is 0.364. The highest BCUT2D eigenvalue weighted by atomic mass is 35.5. The predicted molar refractivity (Wildman–Crippen MR) is 117 cm³/mol. The van der Waals surface area contributed by atoms with Crippen LogP contribution in [0.4, 0.5) is 4.39 Å². The lowest BCUT2D eigenvalue weighted by Crippen LogP contribution is -2.48. The zero-order valence-corrected chi connectivity index (χ0v) is 18.2. The minimum absolute atomic E-state index is 0.0493. The van der Waals surface area contributed by atoms with E-state index >= 15 is 0 Å². The fourth-order valence-corrected chi connectivity index (χ4v) is 3.71. The summed E-state index contributed by atoms with van der Waals surface area (Å²) in [4.78, 5) is 26.8. The number of carbonyl (C=O) groups is 2. The number of nitrogens with one attached hydrogen (secondary N) is 1. The van der Waals surface area contributed by atoms with Crippen molar-refractivity contribution in [3.63, 3.8) is 0 Å². The van der Waals surface area contributed by atoms with Crippen LogP contribution in [-0.2, 0) is 21.9 Å². The lowest BCUT2D eigenvalue weighted by Gasteiger charge is -2.29. The van der Waals surface area contributed by atoms with Crippen molar-refractivity contribution < 1.29 is 14.0 Å². The first-order valence-corrected chi connectivity index (χ1v) is 11.1. The van der Waals surface area contributed by atoms with Gasteiger partial charge in [0.1, 0.15) is 11.9 Å². The van der Waals surface area contributed by atoms with Crippen molar-refractivity contribution in [1.29, 1.82) is 0 Å². The van der Waals surface area contributed by atoms with Gasteiger partial charge in [0, 0.05) is 29.4 Å². The minimum atomic E-state index is -0.690. The van der Waals surface area contributed by atoms with E-state index in [1.807, 2.05) is 31.2 Å². The summed E-state index contributed by atoms with van der Waals surface area (Å²) >= 11 is 7.34. The Hall–Kier alpha value is -2.05. The summed E-state index contributed by atoms with van der Waals surface area (Å²) in [5.41, 5.74) is 1.44. The number of thioether (sulfide) groups is 1. The van der Waals surface area contributed by atoms with Gasteiger partial charge in [-0.3, -0.25) is 9.59 Å². The molecule has 0 saturated heterocycles. The molecule has 29 heavy (non-hydrogen) atoms. The Labute approximate surface area is 180 Å². The van der Waals surface area contributed by atoms with Crippen LogP contribution in [-0.4, -0.2) is 35.1 Å². The van der Waals surface area contributed by atoms with Gasteiger partial charge in [-0.2, -0.15) is 0 Å². The second kappa shape index (κ2) is 11.8. The van der Waals surface area contributed by atoms with E-state index in [9.17, 15) is 14.0 Å². The van der Waals surface area contributed by atoms with Crippen molar-refractivity contribution in [1.82, 2.24) is 10.2 Å². The van der Waals surface area contributed by atoms with Crippen molar-refractivity contribution in [2.24, 2.45) is 0 Å². The molecule has 0 saturated carbocycles. The Bertz CT molecular complexity index is 817. The molecule has 2 amide bonds. The highest BCUT2D eigenvalue weighted by molar-refractivity contribution is 7.99. The molecule has 0 bridgehead atoms. The molecule has 156 valence electrons. The van der Waals surface area contributed by atoms with Gasteiger partial charge in [0.05, 0.1) is 5.75 Å². The quantitative estimate of drug-likeness (QED) is 0.589. The Morgan fingerprint density at radius 3 is 2.52 bits per heavy atom. The van der Waals surface area contributed by atoms with E-state index in [1.54, 1.807) is 25.1 Å². The molecule has 7 heteroatoms. The molecule has 2 aromatic carbocycles. The maximum atomic E-state index is 14.1. The Morgan fingerprint density at radius 2 is 1.86 bits per heavy atom. The molecule has 0 aliphatic rings. The average molecular weight is 437 g/mol. The minimum Gasteiger partial charge on any atom is -0.354 e. The molecule has 0 heterocycles.